The maximum Gasteiger partial charge on any atom is 0.329 e. The monoisotopic (exact) mass is 281 g/mol. The highest BCUT2D eigenvalue weighted by Crippen LogP contribution is 2.48. The molecule has 1 amide bonds. The topological polar surface area (TPSA) is 57.6 Å². The molecule has 2 aliphatic rings. The van der Waals surface area contributed by atoms with Crippen molar-refractivity contribution in [2.75, 3.05) is 0 Å². The van der Waals surface area contributed by atoms with E-state index in [1.165, 1.54) is 6.92 Å². The first kappa shape index (κ1) is 15.3. The second-order valence-electron chi connectivity index (χ2n) is 7.09. The molecular formula is C16H27NO3. The van der Waals surface area contributed by atoms with Crippen molar-refractivity contribution in [3.05, 3.63) is 0 Å². The molecule has 2 fully saturated rings. The number of hydrogen-bond donors (Lipinski definition) is 1. The molecule has 3 unspecified atom stereocenters. The molecule has 4 nitrogen and oxygen atoms in total. The van der Waals surface area contributed by atoms with Crippen molar-refractivity contribution in [2.24, 2.45) is 17.8 Å². The lowest BCUT2D eigenvalue weighted by molar-refractivity contribution is -0.171. The van der Waals surface area contributed by atoms with Gasteiger partial charge in [0.15, 0.2) is 0 Å². The Bertz CT molecular complexity index is 403. The van der Waals surface area contributed by atoms with E-state index in [-0.39, 0.29) is 23.8 Å². The normalized spacial score (nSPS) is 34.0. The molecule has 0 heterocycles. The molecule has 2 saturated carbocycles. The van der Waals surface area contributed by atoms with Gasteiger partial charge in [-0.25, -0.2) is 4.79 Å². The van der Waals surface area contributed by atoms with Gasteiger partial charge in [0.05, 0.1) is 0 Å². The van der Waals surface area contributed by atoms with Crippen LogP contribution >= 0.6 is 0 Å². The van der Waals surface area contributed by atoms with Gasteiger partial charge in [0.25, 0.3) is 0 Å². The lowest BCUT2D eigenvalue weighted by Gasteiger charge is -2.51. The number of carbonyl (C=O) groups is 2. The standard InChI is InChI=1S/C16H27NO3/c1-10(2)14-8-5-11(3)9-16(14,15(19)20)17(12(4)18)13-6-7-13/h10-11,13-14H,5-9H2,1-4H3,(H,19,20). The molecule has 0 aromatic heterocycles. The van der Waals surface area contributed by atoms with Crippen molar-refractivity contribution in [3.63, 3.8) is 0 Å². The molecule has 0 aliphatic heterocycles. The van der Waals surface area contributed by atoms with Crippen LogP contribution in [0.2, 0.25) is 0 Å². The van der Waals surface area contributed by atoms with E-state index in [0.717, 1.165) is 25.7 Å². The predicted octanol–water partition coefficient (Wildman–Crippen LogP) is 2.91. The van der Waals surface area contributed by atoms with Gasteiger partial charge in [0.2, 0.25) is 5.91 Å². The highest BCUT2D eigenvalue weighted by atomic mass is 16.4. The van der Waals surface area contributed by atoms with Gasteiger partial charge in [-0.1, -0.05) is 27.2 Å². The fourth-order valence-corrected chi connectivity index (χ4v) is 4.19. The minimum atomic E-state index is -0.987. The summed E-state index contributed by atoms with van der Waals surface area (Å²) in [6.45, 7) is 7.81. The van der Waals surface area contributed by atoms with E-state index in [0.29, 0.717) is 12.3 Å². The molecule has 0 spiro atoms. The van der Waals surface area contributed by atoms with Gasteiger partial charge in [-0.3, -0.25) is 4.79 Å². The summed E-state index contributed by atoms with van der Waals surface area (Å²) in [5, 5.41) is 10.0. The smallest absolute Gasteiger partial charge is 0.329 e. The lowest BCUT2D eigenvalue weighted by Crippen LogP contribution is -2.65. The SMILES string of the molecule is CC(=O)N(C1CC1)C1(C(=O)O)CC(C)CCC1C(C)C. The molecule has 114 valence electrons. The fourth-order valence-electron chi connectivity index (χ4n) is 4.19. The number of carboxylic acid groups (broad SMARTS) is 1. The van der Waals surface area contributed by atoms with E-state index >= 15 is 0 Å². The first-order chi connectivity index (χ1) is 9.30. The maximum atomic E-state index is 12.2. The summed E-state index contributed by atoms with van der Waals surface area (Å²) in [5.74, 6) is -0.180. The number of rotatable bonds is 4. The predicted molar refractivity (Wildman–Crippen MR) is 77.3 cm³/mol. The van der Waals surface area contributed by atoms with Gasteiger partial charge in [0.1, 0.15) is 5.54 Å². The quantitative estimate of drug-likeness (QED) is 0.862. The number of aliphatic carboxylic acids is 1. The number of nitrogens with zero attached hydrogens (tertiary/aromatic N) is 1. The Morgan fingerprint density at radius 1 is 1.20 bits per heavy atom. The average Bonchev–Trinajstić information content (AvgIpc) is 3.12. The van der Waals surface area contributed by atoms with Crippen molar-refractivity contribution in [2.45, 2.75) is 71.4 Å². The molecule has 0 aromatic carbocycles. The summed E-state index contributed by atoms with van der Waals surface area (Å²) < 4.78 is 0. The third kappa shape index (κ3) is 2.45. The number of carboxylic acids is 1. The Labute approximate surface area is 121 Å². The van der Waals surface area contributed by atoms with Crippen LogP contribution in [0, 0.1) is 17.8 Å². The van der Waals surface area contributed by atoms with Crippen molar-refractivity contribution in [1.82, 2.24) is 4.90 Å². The van der Waals surface area contributed by atoms with Crippen molar-refractivity contribution >= 4 is 11.9 Å². The molecule has 0 radical (unpaired) electrons. The van der Waals surface area contributed by atoms with Gasteiger partial charge >= 0.3 is 5.97 Å². The number of carbonyl (C=O) groups excluding carboxylic acids is 1. The van der Waals surface area contributed by atoms with Gasteiger partial charge in [-0.2, -0.15) is 0 Å². The number of hydrogen-bond acceptors (Lipinski definition) is 2. The lowest BCUT2D eigenvalue weighted by atomic mass is 9.64. The molecule has 0 saturated heterocycles. The van der Waals surface area contributed by atoms with E-state index < -0.39 is 11.5 Å². The fraction of sp³-hybridized carbons (Fsp3) is 0.875. The molecule has 20 heavy (non-hydrogen) atoms. The van der Waals surface area contributed by atoms with E-state index in [1.807, 2.05) is 0 Å². The molecule has 1 N–H and O–H groups in total. The van der Waals surface area contributed by atoms with Crippen LogP contribution in [0.1, 0.15) is 59.8 Å². The Balaban J connectivity index is 2.47. The zero-order chi connectivity index (χ0) is 15.1. The summed E-state index contributed by atoms with van der Waals surface area (Å²) in [5.41, 5.74) is -0.987. The van der Waals surface area contributed by atoms with Crippen LogP contribution < -0.4 is 0 Å². The van der Waals surface area contributed by atoms with E-state index in [2.05, 4.69) is 20.8 Å². The van der Waals surface area contributed by atoms with Crippen molar-refractivity contribution < 1.29 is 14.7 Å². The van der Waals surface area contributed by atoms with Crippen LogP contribution in [0.4, 0.5) is 0 Å². The summed E-state index contributed by atoms with van der Waals surface area (Å²) in [6.07, 6.45) is 4.47. The summed E-state index contributed by atoms with van der Waals surface area (Å²) >= 11 is 0. The highest BCUT2D eigenvalue weighted by Gasteiger charge is 2.58. The van der Waals surface area contributed by atoms with Crippen molar-refractivity contribution in [1.29, 1.82) is 0 Å². The summed E-state index contributed by atoms with van der Waals surface area (Å²) in [4.78, 5) is 26.1. The Morgan fingerprint density at radius 2 is 1.80 bits per heavy atom. The minimum Gasteiger partial charge on any atom is -0.479 e. The van der Waals surface area contributed by atoms with Crippen LogP contribution in [0.3, 0.4) is 0 Å². The molecule has 4 heteroatoms. The second kappa shape index (κ2) is 5.38. The first-order valence-corrected chi connectivity index (χ1v) is 7.84. The molecule has 2 rings (SSSR count). The zero-order valence-electron chi connectivity index (χ0n) is 13.1. The van der Waals surface area contributed by atoms with Crippen LogP contribution in [-0.2, 0) is 9.59 Å². The summed E-state index contributed by atoms with van der Waals surface area (Å²) in [6, 6.07) is 0.148. The van der Waals surface area contributed by atoms with Gasteiger partial charge in [-0.15, -0.1) is 0 Å². The third-order valence-corrected chi connectivity index (χ3v) is 5.10. The summed E-state index contributed by atoms with van der Waals surface area (Å²) in [7, 11) is 0. The van der Waals surface area contributed by atoms with E-state index in [4.69, 9.17) is 0 Å². The Hall–Kier alpha value is -1.06. The Morgan fingerprint density at radius 3 is 2.20 bits per heavy atom. The molecular weight excluding hydrogens is 254 g/mol. The van der Waals surface area contributed by atoms with Crippen LogP contribution in [0.25, 0.3) is 0 Å². The highest BCUT2D eigenvalue weighted by molar-refractivity contribution is 5.87. The van der Waals surface area contributed by atoms with Gasteiger partial charge in [0, 0.05) is 13.0 Å². The largest absolute Gasteiger partial charge is 0.479 e. The molecule has 0 bridgehead atoms. The van der Waals surface area contributed by atoms with E-state index in [9.17, 15) is 14.7 Å². The van der Waals surface area contributed by atoms with Gasteiger partial charge in [-0.05, 0) is 43.4 Å². The van der Waals surface area contributed by atoms with Crippen LogP contribution in [0.5, 0.6) is 0 Å². The third-order valence-electron chi connectivity index (χ3n) is 5.10. The van der Waals surface area contributed by atoms with Crippen LogP contribution in [0.15, 0.2) is 0 Å². The maximum absolute atomic E-state index is 12.2. The van der Waals surface area contributed by atoms with Crippen molar-refractivity contribution in [3.8, 4) is 0 Å². The second-order valence-corrected chi connectivity index (χ2v) is 7.09. The number of amides is 1. The minimum absolute atomic E-state index is 0.0562. The van der Waals surface area contributed by atoms with E-state index in [1.54, 1.807) is 4.90 Å². The zero-order valence-corrected chi connectivity index (χ0v) is 13.1. The molecule has 0 aromatic rings. The van der Waals surface area contributed by atoms with Crippen LogP contribution in [-0.4, -0.2) is 33.5 Å². The first-order valence-electron chi connectivity index (χ1n) is 7.84. The van der Waals surface area contributed by atoms with Gasteiger partial charge < -0.3 is 10.0 Å². The molecule has 2 aliphatic carbocycles. The Kier molecular flexibility index (Phi) is 4.12. The average molecular weight is 281 g/mol. The molecule has 3 atom stereocenters.